The minimum atomic E-state index is -1.35. The van der Waals surface area contributed by atoms with Crippen LogP contribution in [0.2, 0.25) is 0 Å². The molecule has 0 unspecified atom stereocenters. The van der Waals surface area contributed by atoms with Crippen LogP contribution in [0.15, 0.2) is 36.7 Å². The number of carboxylic acid groups (broad SMARTS) is 1. The third-order valence-corrected chi connectivity index (χ3v) is 3.55. The zero-order chi connectivity index (χ0) is 20.0. The summed E-state index contributed by atoms with van der Waals surface area (Å²) in [6, 6.07) is 3.27. The van der Waals surface area contributed by atoms with E-state index in [2.05, 4.69) is 11.8 Å². The second-order valence-electron chi connectivity index (χ2n) is 5.43. The maximum absolute atomic E-state index is 12.4. The third-order valence-electron chi connectivity index (χ3n) is 3.55. The lowest BCUT2D eigenvalue weighted by Gasteiger charge is -2.27. The molecule has 1 heterocycles. The topological polar surface area (TPSA) is 96.4 Å². The molecule has 0 bridgehead atoms. The first-order valence-electron chi connectivity index (χ1n) is 8.01. The number of ether oxygens (including phenoxy) is 2. The molecule has 0 saturated heterocycles. The Bertz CT molecular complexity index is 891. The molecule has 1 N–H and O–H groups in total. The predicted molar refractivity (Wildman–Crippen MR) is 95.4 cm³/mol. The van der Waals surface area contributed by atoms with E-state index in [0.717, 1.165) is 16.1 Å². The highest BCUT2D eigenvalue weighted by Crippen LogP contribution is 2.24. The Hall–Kier alpha value is -3.73. The molecule has 0 spiro atoms. The van der Waals surface area contributed by atoms with Gasteiger partial charge in [0.2, 0.25) is 0 Å². The first-order chi connectivity index (χ1) is 12.8. The highest BCUT2D eigenvalue weighted by Gasteiger charge is 2.26. The van der Waals surface area contributed by atoms with Gasteiger partial charge in [-0.25, -0.2) is 14.4 Å². The molecule has 8 heteroatoms. The van der Waals surface area contributed by atoms with Gasteiger partial charge in [-0.2, -0.15) is 10.0 Å². The lowest BCUT2D eigenvalue weighted by atomic mass is 10.1. The molecule has 0 atom stereocenters. The van der Waals surface area contributed by atoms with Gasteiger partial charge in [0.1, 0.15) is 5.75 Å². The molecule has 2 rings (SSSR count). The number of carbonyl (C=O) groups is 3. The summed E-state index contributed by atoms with van der Waals surface area (Å²) in [6.45, 7) is 5.53. The molecule has 0 radical (unpaired) electrons. The molecule has 1 aliphatic heterocycles. The molecule has 0 fully saturated rings. The zero-order valence-electron chi connectivity index (χ0n) is 15.1. The molecule has 140 valence electrons. The zero-order valence-corrected chi connectivity index (χ0v) is 15.1. The molecular weight excluding hydrogens is 352 g/mol. The second-order valence-corrected chi connectivity index (χ2v) is 5.43. The molecule has 0 aliphatic carbocycles. The van der Waals surface area contributed by atoms with Gasteiger partial charge in [0.25, 0.3) is 0 Å². The number of aryl methyl sites for hydroxylation is 2. The molecular formula is C19H18N2O6. The van der Waals surface area contributed by atoms with Crippen molar-refractivity contribution in [3.8, 4) is 17.6 Å². The van der Waals surface area contributed by atoms with E-state index in [1.54, 1.807) is 19.1 Å². The van der Waals surface area contributed by atoms with Crippen LogP contribution in [-0.4, -0.2) is 39.9 Å². The smallest absolute Gasteiger partial charge is 0.439 e. The van der Waals surface area contributed by atoms with Crippen molar-refractivity contribution < 1.29 is 29.0 Å². The number of rotatable bonds is 2. The summed E-state index contributed by atoms with van der Waals surface area (Å²) in [5.41, 5.74) is 2.03. The van der Waals surface area contributed by atoms with Gasteiger partial charge in [-0.15, -0.1) is 0 Å². The van der Waals surface area contributed by atoms with Gasteiger partial charge >= 0.3 is 18.2 Å². The van der Waals surface area contributed by atoms with Gasteiger partial charge in [0, 0.05) is 18.3 Å². The van der Waals surface area contributed by atoms with Crippen LogP contribution in [0.25, 0.3) is 0 Å². The summed E-state index contributed by atoms with van der Waals surface area (Å²) >= 11 is 0. The molecule has 0 saturated carbocycles. The average molecular weight is 370 g/mol. The van der Waals surface area contributed by atoms with Crippen molar-refractivity contribution >= 4 is 18.2 Å². The number of allylic oxidation sites excluding steroid dienone is 2. The average Bonchev–Trinajstić information content (AvgIpc) is 2.63. The van der Waals surface area contributed by atoms with Gasteiger partial charge in [0.05, 0.1) is 12.2 Å². The van der Waals surface area contributed by atoms with E-state index in [9.17, 15) is 19.5 Å². The minimum Gasteiger partial charge on any atom is -0.463 e. The van der Waals surface area contributed by atoms with Gasteiger partial charge in [-0.3, -0.25) is 0 Å². The Balaban J connectivity index is 2.32. The van der Waals surface area contributed by atoms with Crippen molar-refractivity contribution in [2.24, 2.45) is 0 Å². The van der Waals surface area contributed by atoms with Crippen molar-refractivity contribution in [3.05, 3.63) is 53.4 Å². The van der Waals surface area contributed by atoms with Crippen molar-refractivity contribution in [1.82, 2.24) is 10.0 Å². The molecule has 1 aromatic rings. The molecule has 1 aromatic carbocycles. The van der Waals surface area contributed by atoms with Gasteiger partial charge in [-0.05, 0) is 56.2 Å². The van der Waals surface area contributed by atoms with Crippen molar-refractivity contribution in [2.45, 2.75) is 20.8 Å². The van der Waals surface area contributed by atoms with E-state index < -0.39 is 18.2 Å². The SMILES string of the molecule is CCOC(=O)C#Cc1cc(C)c(C)cc1OC(=O)N1C=CC=CN1C(=O)O. The maximum atomic E-state index is 12.4. The molecule has 1 aliphatic rings. The number of hydrazine groups is 1. The third kappa shape index (κ3) is 4.89. The first-order valence-corrected chi connectivity index (χ1v) is 8.01. The van der Waals surface area contributed by atoms with Crippen LogP contribution >= 0.6 is 0 Å². The fourth-order valence-electron chi connectivity index (χ4n) is 2.11. The first kappa shape index (κ1) is 19.6. The second kappa shape index (κ2) is 8.58. The summed E-state index contributed by atoms with van der Waals surface area (Å²) in [5, 5.41) is 10.6. The number of hydrogen-bond acceptors (Lipinski definition) is 5. The summed E-state index contributed by atoms with van der Waals surface area (Å²) in [5.74, 6) is 4.35. The van der Waals surface area contributed by atoms with Gasteiger partial charge in [0.15, 0.2) is 0 Å². The highest BCUT2D eigenvalue weighted by atomic mass is 16.6. The number of nitrogens with zero attached hydrogens (tertiary/aromatic N) is 2. The van der Waals surface area contributed by atoms with Crippen molar-refractivity contribution in [2.75, 3.05) is 6.61 Å². The van der Waals surface area contributed by atoms with Crippen LogP contribution in [0.5, 0.6) is 5.75 Å². The highest BCUT2D eigenvalue weighted by molar-refractivity contribution is 5.89. The van der Waals surface area contributed by atoms with Gasteiger partial charge in [-0.1, -0.05) is 5.92 Å². The van der Waals surface area contributed by atoms with Crippen LogP contribution in [0, 0.1) is 25.7 Å². The Morgan fingerprint density at radius 1 is 1.07 bits per heavy atom. The van der Waals surface area contributed by atoms with Gasteiger partial charge < -0.3 is 14.6 Å². The largest absolute Gasteiger partial charge is 0.463 e. The summed E-state index contributed by atoms with van der Waals surface area (Å²) in [6.07, 6.45) is 3.11. The molecule has 8 nitrogen and oxygen atoms in total. The van der Waals surface area contributed by atoms with E-state index in [1.165, 1.54) is 24.6 Å². The lowest BCUT2D eigenvalue weighted by Crippen LogP contribution is -2.45. The van der Waals surface area contributed by atoms with E-state index in [-0.39, 0.29) is 12.4 Å². The van der Waals surface area contributed by atoms with Crippen LogP contribution in [0.4, 0.5) is 9.59 Å². The number of amides is 2. The number of carbonyl (C=O) groups excluding carboxylic acids is 2. The standard InChI is InChI=1S/C19H18N2O6/c1-4-26-17(22)8-7-15-11-13(2)14(3)12-16(15)27-19(25)21-10-6-5-9-20(21)18(23)24/h5-6,9-12H,4H2,1-3H3,(H,23,24). The summed E-state index contributed by atoms with van der Waals surface area (Å²) in [4.78, 5) is 35.2. The number of benzene rings is 1. The van der Waals surface area contributed by atoms with Crippen LogP contribution in [0.3, 0.4) is 0 Å². The predicted octanol–water partition coefficient (Wildman–Crippen LogP) is 2.95. The van der Waals surface area contributed by atoms with E-state index >= 15 is 0 Å². The Morgan fingerprint density at radius 3 is 2.33 bits per heavy atom. The summed E-state index contributed by atoms with van der Waals surface area (Å²) in [7, 11) is 0. The van der Waals surface area contributed by atoms with Crippen LogP contribution in [-0.2, 0) is 9.53 Å². The minimum absolute atomic E-state index is 0.105. The molecule has 2 amide bonds. The van der Waals surface area contributed by atoms with E-state index in [1.807, 2.05) is 13.8 Å². The van der Waals surface area contributed by atoms with E-state index in [4.69, 9.17) is 9.47 Å². The monoisotopic (exact) mass is 370 g/mol. The molecule has 0 aromatic heterocycles. The van der Waals surface area contributed by atoms with Crippen molar-refractivity contribution in [3.63, 3.8) is 0 Å². The van der Waals surface area contributed by atoms with Crippen LogP contribution < -0.4 is 4.74 Å². The quantitative estimate of drug-likeness (QED) is 0.635. The summed E-state index contributed by atoms with van der Waals surface area (Å²) < 4.78 is 10.1. The Kier molecular flexibility index (Phi) is 6.23. The lowest BCUT2D eigenvalue weighted by molar-refractivity contribution is -0.136. The fraction of sp³-hybridized carbons (Fsp3) is 0.211. The normalized spacial score (nSPS) is 12.3. The van der Waals surface area contributed by atoms with Crippen molar-refractivity contribution in [1.29, 1.82) is 0 Å². The number of esters is 1. The number of hydrogen-bond donors (Lipinski definition) is 1. The fourth-order valence-corrected chi connectivity index (χ4v) is 2.11. The Morgan fingerprint density at radius 2 is 1.70 bits per heavy atom. The van der Waals surface area contributed by atoms with E-state index in [0.29, 0.717) is 10.6 Å². The Labute approximate surface area is 156 Å². The van der Waals surface area contributed by atoms with Crippen LogP contribution in [0.1, 0.15) is 23.6 Å². The molecule has 27 heavy (non-hydrogen) atoms. The maximum Gasteiger partial charge on any atom is 0.439 e.